The number of nitrogens with zero attached hydrogens (tertiary/aromatic N) is 2. The Morgan fingerprint density at radius 1 is 1.39 bits per heavy atom. The van der Waals surface area contributed by atoms with Gasteiger partial charge in [0.1, 0.15) is 18.2 Å². The second kappa shape index (κ2) is 6.57. The van der Waals surface area contributed by atoms with E-state index in [1.165, 1.54) is 12.8 Å². The van der Waals surface area contributed by atoms with Crippen molar-refractivity contribution >= 4 is 5.82 Å². The lowest BCUT2D eigenvalue weighted by atomic mass is 9.89. The highest BCUT2D eigenvalue weighted by Gasteiger charge is 2.20. The maximum absolute atomic E-state index is 5.96. The van der Waals surface area contributed by atoms with Crippen LogP contribution in [0.1, 0.15) is 46.0 Å². The Labute approximate surface area is 109 Å². The summed E-state index contributed by atoms with van der Waals surface area (Å²) >= 11 is 0. The molecular formula is C14H23N3O. The molecule has 1 saturated carbocycles. The number of rotatable bonds is 5. The maximum Gasteiger partial charge on any atom is 0.218 e. The average molecular weight is 249 g/mol. The van der Waals surface area contributed by atoms with Crippen molar-refractivity contribution < 1.29 is 4.74 Å². The molecule has 1 heterocycles. The van der Waals surface area contributed by atoms with Gasteiger partial charge in [-0.2, -0.15) is 0 Å². The monoisotopic (exact) mass is 249 g/mol. The number of anilines is 1. The van der Waals surface area contributed by atoms with E-state index in [4.69, 9.17) is 4.74 Å². The summed E-state index contributed by atoms with van der Waals surface area (Å²) in [5, 5.41) is 3.25. The first-order valence-corrected chi connectivity index (χ1v) is 7.00. The van der Waals surface area contributed by atoms with Crippen LogP contribution in [0.3, 0.4) is 0 Å². The SMILES string of the molecule is CCCNc1cc(OC2CCCC(C)C2)ncn1. The van der Waals surface area contributed by atoms with Gasteiger partial charge in [0.05, 0.1) is 0 Å². The lowest BCUT2D eigenvalue weighted by Crippen LogP contribution is -2.24. The van der Waals surface area contributed by atoms with Crippen LogP contribution in [0.25, 0.3) is 0 Å². The van der Waals surface area contributed by atoms with Gasteiger partial charge in [0.2, 0.25) is 5.88 Å². The molecule has 1 N–H and O–H groups in total. The first-order chi connectivity index (χ1) is 8.78. The van der Waals surface area contributed by atoms with Crippen molar-refractivity contribution in [3.05, 3.63) is 12.4 Å². The third-order valence-electron chi connectivity index (χ3n) is 3.37. The second-order valence-electron chi connectivity index (χ2n) is 5.18. The van der Waals surface area contributed by atoms with Crippen LogP contribution in [-0.4, -0.2) is 22.6 Å². The van der Waals surface area contributed by atoms with Crippen molar-refractivity contribution in [2.45, 2.75) is 52.1 Å². The van der Waals surface area contributed by atoms with Crippen LogP contribution >= 0.6 is 0 Å². The zero-order chi connectivity index (χ0) is 12.8. The van der Waals surface area contributed by atoms with Gasteiger partial charge in [-0.15, -0.1) is 0 Å². The summed E-state index contributed by atoms with van der Waals surface area (Å²) in [7, 11) is 0. The molecule has 18 heavy (non-hydrogen) atoms. The van der Waals surface area contributed by atoms with Gasteiger partial charge in [0.15, 0.2) is 0 Å². The minimum absolute atomic E-state index is 0.322. The Kier molecular flexibility index (Phi) is 4.79. The molecule has 1 aromatic heterocycles. The smallest absolute Gasteiger partial charge is 0.218 e. The van der Waals surface area contributed by atoms with Gasteiger partial charge < -0.3 is 10.1 Å². The van der Waals surface area contributed by atoms with Gasteiger partial charge in [0.25, 0.3) is 0 Å². The van der Waals surface area contributed by atoms with E-state index in [9.17, 15) is 0 Å². The van der Waals surface area contributed by atoms with Gasteiger partial charge in [-0.05, 0) is 31.6 Å². The summed E-state index contributed by atoms with van der Waals surface area (Å²) in [5.41, 5.74) is 0. The molecular weight excluding hydrogens is 226 g/mol. The maximum atomic E-state index is 5.96. The van der Waals surface area contributed by atoms with Crippen molar-refractivity contribution in [1.82, 2.24) is 9.97 Å². The molecule has 1 fully saturated rings. The largest absolute Gasteiger partial charge is 0.474 e. The van der Waals surface area contributed by atoms with E-state index in [0.717, 1.165) is 37.5 Å². The standard InChI is InChI=1S/C14H23N3O/c1-3-7-15-13-9-14(17-10-16-13)18-12-6-4-5-11(2)8-12/h9-12H,3-8H2,1-2H3,(H,15,16,17). The van der Waals surface area contributed by atoms with Crippen LogP contribution in [0.15, 0.2) is 12.4 Å². The third-order valence-corrected chi connectivity index (χ3v) is 3.37. The Morgan fingerprint density at radius 2 is 2.28 bits per heavy atom. The summed E-state index contributed by atoms with van der Waals surface area (Å²) in [6.07, 6.45) is 7.85. The van der Waals surface area contributed by atoms with Crippen molar-refractivity contribution in [1.29, 1.82) is 0 Å². The molecule has 0 aliphatic heterocycles. The van der Waals surface area contributed by atoms with Crippen molar-refractivity contribution in [2.24, 2.45) is 5.92 Å². The molecule has 100 valence electrons. The fourth-order valence-electron chi connectivity index (χ4n) is 2.41. The van der Waals surface area contributed by atoms with Crippen LogP contribution < -0.4 is 10.1 Å². The molecule has 4 heteroatoms. The highest BCUT2D eigenvalue weighted by atomic mass is 16.5. The first-order valence-electron chi connectivity index (χ1n) is 7.00. The number of hydrogen-bond donors (Lipinski definition) is 1. The van der Waals surface area contributed by atoms with Crippen LogP contribution in [0.5, 0.6) is 5.88 Å². The Balaban J connectivity index is 1.91. The molecule has 0 bridgehead atoms. The van der Waals surface area contributed by atoms with E-state index in [0.29, 0.717) is 12.0 Å². The average Bonchev–Trinajstić information content (AvgIpc) is 2.37. The Bertz CT molecular complexity index is 370. The lowest BCUT2D eigenvalue weighted by molar-refractivity contribution is 0.124. The summed E-state index contributed by atoms with van der Waals surface area (Å²) in [5.74, 6) is 2.32. The van der Waals surface area contributed by atoms with E-state index < -0.39 is 0 Å². The number of nitrogens with one attached hydrogen (secondary N) is 1. The van der Waals surface area contributed by atoms with Crippen LogP contribution in [0, 0.1) is 5.92 Å². The molecule has 0 radical (unpaired) electrons. The quantitative estimate of drug-likeness (QED) is 0.870. The number of aromatic nitrogens is 2. The zero-order valence-corrected chi connectivity index (χ0v) is 11.4. The van der Waals surface area contributed by atoms with Gasteiger partial charge in [-0.1, -0.05) is 20.3 Å². The molecule has 2 atom stereocenters. The van der Waals surface area contributed by atoms with Gasteiger partial charge in [0, 0.05) is 12.6 Å². The second-order valence-corrected chi connectivity index (χ2v) is 5.18. The van der Waals surface area contributed by atoms with Gasteiger partial charge in [-0.25, -0.2) is 9.97 Å². The summed E-state index contributed by atoms with van der Waals surface area (Å²) in [6, 6.07) is 1.90. The molecule has 1 aliphatic rings. The molecule has 0 aromatic carbocycles. The molecule has 0 amide bonds. The highest BCUT2D eigenvalue weighted by molar-refractivity contribution is 5.36. The van der Waals surface area contributed by atoms with E-state index in [1.54, 1.807) is 6.33 Å². The number of hydrogen-bond acceptors (Lipinski definition) is 4. The fraction of sp³-hybridized carbons (Fsp3) is 0.714. The Morgan fingerprint density at radius 3 is 3.06 bits per heavy atom. The molecule has 0 spiro atoms. The summed E-state index contributed by atoms with van der Waals surface area (Å²) in [4.78, 5) is 8.38. The predicted octanol–water partition coefficient (Wildman–Crippen LogP) is 3.26. The van der Waals surface area contributed by atoms with E-state index in [1.807, 2.05) is 6.07 Å². The summed E-state index contributed by atoms with van der Waals surface area (Å²) < 4.78 is 5.96. The van der Waals surface area contributed by atoms with Crippen LogP contribution in [0.4, 0.5) is 5.82 Å². The van der Waals surface area contributed by atoms with Crippen LogP contribution in [-0.2, 0) is 0 Å². The third kappa shape index (κ3) is 3.86. The molecule has 2 rings (SSSR count). The van der Waals surface area contributed by atoms with Crippen molar-refractivity contribution in [2.75, 3.05) is 11.9 Å². The Hall–Kier alpha value is -1.32. The number of ether oxygens (including phenoxy) is 1. The minimum Gasteiger partial charge on any atom is -0.474 e. The molecule has 1 aliphatic carbocycles. The molecule has 1 aromatic rings. The highest BCUT2D eigenvalue weighted by Crippen LogP contribution is 2.26. The van der Waals surface area contributed by atoms with Crippen molar-refractivity contribution in [3.8, 4) is 5.88 Å². The van der Waals surface area contributed by atoms with E-state index in [-0.39, 0.29) is 0 Å². The first kappa shape index (κ1) is 13.1. The fourth-order valence-corrected chi connectivity index (χ4v) is 2.41. The van der Waals surface area contributed by atoms with Crippen molar-refractivity contribution in [3.63, 3.8) is 0 Å². The zero-order valence-electron chi connectivity index (χ0n) is 11.4. The normalized spacial score (nSPS) is 23.7. The lowest BCUT2D eigenvalue weighted by Gasteiger charge is -2.26. The topological polar surface area (TPSA) is 47.0 Å². The summed E-state index contributed by atoms with van der Waals surface area (Å²) in [6.45, 7) is 5.36. The molecule has 2 unspecified atom stereocenters. The predicted molar refractivity (Wildman–Crippen MR) is 72.9 cm³/mol. The van der Waals surface area contributed by atoms with Gasteiger partial charge >= 0.3 is 0 Å². The molecule has 0 saturated heterocycles. The van der Waals surface area contributed by atoms with Crippen LogP contribution in [0.2, 0.25) is 0 Å². The van der Waals surface area contributed by atoms with E-state index >= 15 is 0 Å². The minimum atomic E-state index is 0.322. The van der Waals surface area contributed by atoms with E-state index in [2.05, 4.69) is 29.1 Å². The molecule has 4 nitrogen and oxygen atoms in total. The van der Waals surface area contributed by atoms with Gasteiger partial charge in [-0.3, -0.25) is 0 Å².